The third-order valence-electron chi connectivity index (χ3n) is 2.53. The van der Waals surface area contributed by atoms with E-state index in [1.54, 1.807) is 16.7 Å². The second-order valence-corrected chi connectivity index (χ2v) is 5.72. The molecule has 18 heavy (non-hydrogen) atoms. The summed E-state index contributed by atoms with van der Waals surface area (Å²) >= 11 is 3.13. The average Bonchev–Trinajstić information content (AvgIpc) is 3.04. The van der Waals surface area contributed by atoms with Crippen molar-refractivity contribution >= 4 is 28.6 Å². The summed E-state index contributed by atoms with van der Waals surface area (Å²) in [6.45, 7) is 2.61. The Hall–Kier alpha value is -1.24. The minimum absolute atomic E-state index is 0.115. The highest BCUT2D eigenvalue weighted by molar-refractivity contribution is 7.20. The van der Waals surface area contributed by atoms with E-state index < -0.39 is 0 Å². The highest BCUT2D eigenvalue weighted by Crippen LogP contribution is 2.27. The van der Waals surface area contributed by atoms with Gasteiger partial charge in [0.2, 0.25) is 0 Å². The van der Waals surface area contributed by atoms with Crippen LogP contribution in [0.2, 0.25) is 0 Å². The first kappa shape index (κ1) is 13.2. The van der Waals surface area contributed by atoms with Crippen LogP contribution >= 0.6 is 22.7 Å². The first-order valence-corrected chi connectivity index (χ1v) is 7.41. The molecule has 0 saturated carbocycles. The lowest BCUT2D eigenvalue weighted by Gasteiger charge is -2.10. The number of hydrogen-bond donors (Lipinski definition) is 2. The number of aromatic nitrogens is 1. The maximum atomic E-state index is 11.9. The maximum Gasteiger partial charge on any atom is 0.270 e. The van der Waals surface area contributed by atoms with Crippen LogP contribution in [0.1, 0.15) is 17.4 Å². The van der Waals surface area contributed by atoms with Crippen LogP contribution in [0.25, 0.3) is 9.88 Å². The summed E-state index contributed by atoms with van der Waals surface area (Å²) in [6.07, 6.45) is 0. The van der Waals surface area contributed by atoms with E-state index >= 15 is 0 Å². The number of likely N-dealkylation sites (N-methyl/N-ethyl adjacent to an activating group) is 1. The van der Waals surface area contributed by atoms with Crippen molar-refractivity contribution in [1.29, 1.82) is 0 Å². The molecule has 0 radical (unpaired) electrons. The maximum absolute atomic E-state index is 11.9. The van der Waals surface area contributed by atoms with Crippen LogP contribution in [0, 0.1) is 0 Å². The number of nitrogens with zero attached hydrogens (tertiary/aromatic N) is 1. The van der Waals surface area contributed by atoms with E-state index in [4.69, 9.17) is 0 Å². The average molecular weight is 281 g/mol. The number of nitrogens with one attached hydrogen (secondary N) is 2. The highest BCUT2D eigenvalue weighted by atomic mass is 32.1. The molecule has 96 valence electrons. The molecule has 4 nitrogen and oxygen atoms in total. The van der Waals surface area contributed by atoms with Crippen molar-refractivity contribution in [3.63, 3.8) is 0 Å². The molecular weight excluding hydrogens is 266 g/mol. The number of hydrogen-bond acceptors (Lipinski definition) is 5. The van der Waals surface area contributed by atoms with Gasteiger partial charge in [0.05, 0.1) is 4.88 Å². The van der Waals surface area contributed by atoms with Gasteiger partial charge in [-0.15, -0.1) is 22.7 Å². The summed E-state index contributed by atoms with van der Waals surface area (Å²) in [6, 6.07) is 4.24. The molecule has 6 heteroatoms. The van der Waals surface area contributed by atoms with Gasteiger partial charge < -0.3 is 10.6 Å². The lowest BCUT2D eigenvalue weighted by molar-refractivity contribution is 0.0946. The lowest BCUT2D eigenvalue weighted by Crippen LogP contribution is -2.37. The van der Waals surface area contributed by atoms with E-state index in [0.29, 0.717) is 12.2 Å². The zero-order valence-corrected chi connectivity index (χ0v) is 11.9. The molecule has 1 atom stereocenters. The Bertz CT molecular complexity index is 507. The van der Waals surface area contributed by atoms with Crippen LogP contribution in [0.3, 0.4) is 0 Å². The van der Waals surface area contributed by atoms with Crippen LogP contribution in [-0.4, -0.2) is 30.5 Å². The van der Waals surface area contributed by atoms with Crippen molar-refractivity contribution in [3.05, 3.63) is 28.6 Å². The Morgan fingerprint density at radius 2 is 2.33 bits per heavy atom. The molecular formula is C12H15N3OS2. The fourth-order valence-electron chi connectivity index (χ4n) is 1.33. The molecule has 2 aromatic rings. The van der Waals surface area contributed by atoms with Gasteiger partial charge in [-0.25, -0.2) is 4.98 Å². The van der Waals surface area contributed by atoms with Crippen molar-refractivity contribution in [1.82, 2.24) is 15.6 Å². The highest BCUT2D eigenvalue weighted by Gasteiger charge is 2.12. The zero-order valence-electron chi connectivity index (χ0n) is 10.3. The molecule has 2 heterocycles. The molecule has 0 saturated heterocycles. The quantitative estimate of drug-likeness (QED) is 0.883. The van der Waals surface area contributed by atoms with Crippen LogP contribution < -0.4 is 10.6 Å². The minimum atomic E-state index is -0.115. The van der Waals surface area contributed by atoms with Gasteiger partial charge in [0.25, 0.3) is 5.91 Å². The Morgan fingerprint density at radius 1 is 1.50 bits per heavy atom. The topological polar surface area (TPSA) is 54.0 Å². The molecule has 2 rings (SSSR count). The van der Waals surface area contributed by atoms with Crippen molar-refractivity contribution in [3.8, 4) is 9.88 Å². The fourth-order valence-corrected chi connectivity index (χ4v) is 2.94. The summed E-state index contributed by atoms with van der Waals surface area (Å²) in [5.74, 6) is -0.115. The normalized spacial score (nSPS) is 12.3. The van der Waals surface area contributed by atoms with Gasteiger partial charge in [0.15, 0.2) is 0 Å². The number of amides is 1. The lowest BCUT2D eigenvalue weighted by atomic mass is 10.3. The van der Waals surface area contributed by atoms with Crippen molar-refractivity contribution in [2.24, 2.45) is 0 Å². The first-order valence-electron chi connectivity index (χ1n) is 5.65. The summed E-state index contributed by atoms with van der Waals surface area (Å²) in [7, 11) is 1.87. The van der Waals surface area contributed by atoms with E-state index in [1.807, 2.05) is 31.5 Å². The molecule has 2 aromatic heterocycles. The van der Waals surface area contributed by atoms with Gasteiger partial charge in [0.1, 0.15) is 10.7 Å². The Morgan fingerprint density at radius 3 is 3.00 bits per heavy atom. The number of rotatable bonds is 5. The summed E-state index contributed by atoms with van der Waals surface area (Å²) in [5.41, 5.74) is 0.492. The molecule has 2 N–H and O–H groups in total. The molecule has 0 aliphatic carbocycles. The van der Waals surface area contributed by atoms with Crippen LogP contribution in [-0.2, 0) is 0 Å². The summed E-state index contributed by atoms with van der Waals surface area (Å²) < 4.78 is 0. The van der Waals surface area contributed by atoms with Gasteiger partial charge in [-0.3, -0.25) is 4.79 Å². The van der Waals surface area contributed by atoms with Gasteiger partial charge in [-0.1, -0.05) is 6.07 Å². The molecule has 0 bridgehead atoms. The van der Waals surface area contributed by atoms with Crippen LogP contribution in [0.5, 0.6) is 0 Å². The van der Waals surface area contributed by atoms with E-state index in [-0.39, 0.29) is 11.9 Å². The van der Waals surface area contributed by atoms with Crippen molar-refractivity contribution in [2.75, 3.05) is 13.6 Å². The standard InChI is InChI=1S/C12H15N3OS2/c1-8(13-2)6-14-11(16)9-7-18-12(15-9)10-4-3-5-17-10/h3-5,7-8,13H,6H2,1-2H3,(H,14,16). The SMILES string of the molecule is CNC(C)CNC(=O)c1csc(-c2cccs2)n1. The van der Waals surface area contributed by atoms with E-state index in [0.717, 1.165) is 9.88 Å². The zero-order chi connectivity index (χ0) is 13.0. The Kier molecular flexibility index (Phi) is 4.46. The second kappa shape index (κ2) is 6.08. The van der Waals surface area contributed by atoms with Gasteiger partial charge in [0, 0.05) is 18.0 Å². The van der Waals surface area contributed by atoms with E-state index in [1.165, 1.54) is 11.3 Å². The molecule has 0 aliphatic rings. The van der Waals surface area contributed by atoms with Crippen molar-refractivity contribution < 1.29 is 4.79 Å². The summed E-state index contributed by atoms with van der Waals surface area (Å²) in [4.78, 5) is 17.3. The molecule has 0 fully saturated rings. The predicted octanol–water partition coefficient (Wildman–Crippen LogP) is 2.21. The first-order chi connectivity index (χ1) is 8.70. The largest absolute Gasteiger partial charge is 0.349 e. The molecule has 0 spiro atoms. The molecule has 1 amide bonds. The molecule has 1 unspecified atom stereocenters. The number of carbonyl (C=O) groups excluding carboxylic acids is 1. The summed E-state index contributed by atoms with van der Waals surface area (Å²) in [5, 5.41) is 10.6. The Balaban J connectivity index is 1.99. The van der Waals surface area contributed by atoms with Crippen LogP contribution in [0.4, 0.5) is 0 Å². The van der Waals surface area contributed by atoms with Crippen LogP contribution in [0.15, 0.2) is 22.9 Å². The third-order valence-corrected chi connectivity index (χ3v) is 4.41. The Labute approximate surface area is 114 Å². The van der Waals surface area contributed by atoms with Crippen molar-refractivity contribution in [2.45, 2.75) is 13.0 Å². The fraction of sp³-hybridized carbons (Fsp3) is 0.333. The molecule has 0 aliphatic heterocycles. The smallest absolute Gasteiger partial charge is 0.270 e. The monoisotopic (exact) mass is 281 g/mol. The number of thiazole rings is 1. The number of carbonyl (C=O) groups is 1. The number of thiophene rings is 1. The minimum Gasteiger partial charge on any atom is -0.349 e. The van der Waals surface area contributed by atoms with E-state index in [9.17, 15) is 4.79 Å². The van der Waals surface area contributed by atoms with Gasteiger partial charge >= 0.3 is 0 Å². The second-order valence-electron chi connectivity index (χ2n) is 3.91. The molecule has 0 aromatic carbocycles. The van der Waals surface area contributed by atoms with Gasteiger partial charge in [-0.2, -0.15) is 0 Å². The van der Waals surface area contributed by atoms with E-state index in [2.05, 4.69) is 15.6 Å². The third kappa shape index (κ3) is 3.16. The predicted molar refractivity (Wildman–Crippen MR) is 76.3 cm³/mol. The van der Waals surface area contributed by atoms with Gasteiger partial charge in [-0.05, 0) is 25.4 Å².